The van der Waals surface area contributed by atoms with Crippen LogP contribution in [0.5, 0.6) is 11.9 Å². The molecule has 0 aliphatic rings. The lowest BCUT2D eigenvalue weighted by atomic mass is 10.3. The van der Waals surface area contributed by atoms with E-state index < -0.39 is 0 Å². The van der Waals surface area contributed by atoms with E-state index >= 15 is 0 Å². The van der Waals surface area contributed by atoms with Crippen molar-refractivity contribution in [1.29, 1.82) is 0 Å². The Morgan fingerprint density at radius 2 is 1.96 bits per heavy atom. The van der Waals surface area contributed by atoms with Gasteiger partial charge in [0, 0.05) is 31.8 Å². The summed E-state index contributed by atoms with van der Waals surface area (Å²) < 4.78 is 5.55. The minimum atomic E-state index is -0.302. The molecule has 2 aromatic rings. The van der Waals surface area contributed by atoms with Crippen molar-refractivity contribution in [2.75, 3.05) is 29.9 Å². The van der Waals surface area contributed by atoms with E-state index in [0.29, 0.717) is 11.9 Å². The van der Waals surface area contributed by atoms with Gasteiger partial charge in [0.15, 0.2) is 0 Å². The van der Waals surface area contributed by atoms with Crippen LogP contribution < -0.4 is 20.5 Å². The molecule has 0 fully saturated rings. The Morgan fingerprint density at radius 1 is 1.17 bits per heavy atom. The molecule has 0 aliphatic heterocycles. The molecule has 130 valence electrons. The molecule has 0 aromatic carbocycles. The summed E-state index contributed by atoms with van der Waals surface area (Å²) in [6.07, 6.45) is 2.09. The predicted octanol–water partition coefficient (Wildman–Crippen LogP) is 1.81. The molecule has 0 aliphatic carbocycles. The molecule has 2 N–H and O–H groups in total. The number of nitrogens with one attached hydrogen (secondary N) is 2. The van der Waals surface area contributed by atoms with Crippen molar-refractivity contribution in [3.8, 4) is 11.9 Å². The lowest BCUT2D eigenvalue weighted by Crippen LogP contribution is -2.25. The summed E-state index contributed by atoms with van der Waals surface area (Å²) in [6.45, 7) is 8.49. The molecule has 9 heteroatoms. The molecular weight excluding hydrogens is 310 g/mol. The van der Waals surface area contributed by atoms with Crippen LogP contribution in [0.3, 0.4) is 0 Å². The van der Waals surface area contributed by atoms with Crippen LogP contribution in [0.15, 0.2) is 16.9 Å². The number of unbranched alkanes of at least 4 members (excludes halogenated alkanes) is 1. The van der Waals surface area contributed by atoms with E-state index in [1.807, 2.05) is 18.7 Å². The summed E-state index contributed by atoms with van der Waals surface area (Å²) in [5.41, 5.74) is -0.302. The van der Waals surface area contributed by atoms with Crippen molar-refractivity contribution in [1.82, 2.24) is 25.1 Å². The Kier molecular flexibility index (Phi) is 6.47. The molecule has 0 atom stereocenters. The van der Waals surface area contributed by atoms with Crippen molar-refractivity contribution in [3.63, 3.8) is 0 Å². The first kappa shape index (κ1) is 17.6. The molecule has 24 heavy (non-hydrogen) atoms. The first-order valence-electron chi connectivity index (χ1n) is 8.14. The van der Waals surface area contributed by atoms with Gasteiger partial charge in [-0.2, -0.15) is 15.0 Å². The maximum absolute atomic E-state index is 11.1. The normalized spacial score (nSPS) is 10.5. The summed E-state index contributed by atoms with van der Waals surface area (Å²) in [6, 6.07) is 2.92. The van der Waals surface area contributed by atoms with E-state index in [2.05, 4.69) is 37.4 Å². The topological polar surface area (TPSA) is 109 Å². The van der Waals surface area contributed by atoms with E-state index in [-0.39, 0.29) is 17.4 Å². The lowest BCUT2D eigenvalue weighted by molar-refractivity contribution is 0.416. The van der Waals surface area contributed by atoms with Crippen molar-refractivity contribution in [3.05, 3.63) is 22.5 Å². The van der Waals surface area contributed by atoms with E-state index in [0.717, 1.165) is 32.5 Å². The van der Waals surface area contributed by atoms with Crippen molar-refractivity contribution < 1.29 is 4.74 Å². The minimum Gasteiger partial charge on any atom is -0.403 e. The highest BCUT2D eigenvalue weighted by Gasteiger charge is 2.13. The van der Waals surface area contributed by atoms with Gasteiger partial charge in [0.25, 0.3) is 5.56 Å². The van der Waals surface area contributed by atoms with Crippen LogP contribution in [0.25, 0.3) is 0 Å². The van der Waals surface area contributed by atoms with Crippen LogP contribution in [0, 0.1) is 0 Å². The number of nitrogens with zero attached hydrogens (tertiary/aromatic N) is 5. The van der Waals surface area contributed by atoms with Crippen LogP contribution in [0.1, 0.15) is 33.6 Å². The van der Waals surface area contributed by atoms with Gasteiger partial charge in [0.1, 0.15) is 0 Å². The third-order valence-electron chi connectivity index (χ3n) is 3.31. The second kappa shape index (κ2) is 8.80. The standard InChI is InChI=1S/C15H23N7O2/c1-4-7-10-16-13-17-14(22(5-2)6-3)19-15(18-13)24-12-9-8-11(23)20-21-12/h8-9H,4-7,10H2,1-3H3,(H,20,23)(H,16,17,18,19). The monoisotopic (exact) mass is 333 g/mol. The number of ether oxygens (including phenoxy) is 1. The Hall–Kier alpha value is -2.71. The highest BCUT2D eigenvalue weighted by atomic mass is 16.5. The third-order valence-corrected chi connectivity index (χ3v) is 3.31. The van der Waals surface area contributed by atoms with Crippen LogP contribution in [-0.2, 0) is 0 Å². The van der Waals surface area contributed by atoms with Gasteiger partial charge in [-0.25, -0.2) is 5.10 Å². The first-order valence-corrected chi connectivity index (χ1v) is 8.14. The van der Waals surface area contributed by atoms with Crippen molar-refractivity contribution in [2.45, 2.75) is 33.6 Å². The van der Waals surface area contributed by atoms with Gasteiger partial charge in [-0.1, -0.05) is 13.3 Å². The van der Waals surface area contributed by atoms with Gasteiger partial charge in [-0.3, -0.25) is 4.79 Å². The van der Waals surface area contributed by atoms with Gasteiger partial charge in [0.05, 0.1) is 0 Å². The zero-order chi connectivity index (χ0) is 17.4. The number of H-pyrrole nitrogens is 1. The average Bonchev–Trinajstić information content (AvgIpc) is 2.58. The SMILES string of the molecule is CCCCNc1nc(Oc2ccc(=O)[nH]n2)nc(N(CC)CC)n1. The Bertz CT molecular complexity index is 680. The number of aromatic amines is 1. The van der Waals surface area contributed by atoms with E-state index in [9.17, 15) is 4.79 Å². The maximum Gasteiger partial charge on any atom is 0.330 e. The zero-order valence-electron chi connectivity index (χ0n) is 14.2. The summed E-state index contributed by atoms with van der Waals surface area (Å²) >= 11 is 0. The van der Waals surface area contributed by atoms with Crippen molar-refractivity contribution in [2.24, 2.45) is 0 Å². The maximum atomic E-state index is 11.1. The molecule has 2 rings (SSSR count). The fraction of sp³-hybridized carbons (Fsp3) is 0.533. The Balaban J connectivity index is 2.26. The molecule has 9 nitrogen and oxygen atoms in total. The summed E-state index contributed by atoms with van der Waals surface area (Å²) in [7, 11) is 0. The van der Waals surface area contributed by atoms with Gasteiger partial charge in [-0.05, 0) is 20.3 Å². The average molecular weight is 333 g/mol. The van der Waals surface area contributed by atoms with Crippen LogP contribution in [0.2, 0.25) is 0 Å². The molecule has 0 saturated heterocycles. The number of anilines is 2. The molecule has 0 bridgehead atoms. The lowest BCUT2D eigenvalue weighted by Gasteiger charge is -2.19. The second-order valence-electron chi connectivity index (χ2n) is 5.06. The number of hydrogen-bond donors (Lipinski definition) is 2. The van der Waals surface area contributed by atoms with E-state index in [1.54, 1.807) is 0 Å². The molecule has 0 amide bonds. The van der Waals surface area contributed by atoms with Gasteiger partial charge in [0.2, 0.25) is 17.8 Å². The summed E-state index contributed by atoms with van der Waals surface area (Å²) in [4.78, 5) is 26.1. The Morgan fingerprint density at radius 3 is 2.58 bits per heavy atom. The van der Waals surface area contributed by atoms with Crippen LogP contribution in [0.4, 0.5) is 11.9 Å². The zero-order valence-corrected chi connectivity index (χ0v) is 14.2. The van der Waals surface area contributed by atoms with E-state index in [1.165, 1.54) is 12.1 Å². The minimum absolute atomic E-state index is 0.130. The molecule has 2 aromatic heterocycles. The Labute approximate surface area is 140 Å². The van der Waals surface area contributed by atoms with Crippen LogP contribution in [-0.4, -0.2) is 44.8 Å². The number of rotatable bonds is 9. The molecule has 0 saturated carbocycles. The fourth-order valence-electron chi connectivity index (χ4n) is 1.98. The largest absolute Gasteiger partial charge is 0.403 e. The van der Waals surface area contributed by atoms with E-state index in [4.69, 9.17) is 4.74 Å². The molecular formula is C15H23N7O2. The molecule has 0 radical (unpaired) electrons. The fourth-order valence-corrected chi connectivity index (χ4v) is 1.98. The summed E-state index contributed by atoms with van der Waals surface area (Å²) in [5, 5.41) is 9.29. The van der Waals surface area contributed by atoms with Gasteiger partial charge in [-0.15, -0.1) is 5.10 Å². The first-order chi connectivity index (χ1) is 11.7. The molecule has 0 spiro atoms. The number of aromatic nitrogens is 5. The van der Waals surface area contributed by atoms with Crippen molar-refractivity contribution >= 4 is 11.9 Å². The van der Waals surface area contributed by atoms with Gasteiger partial charge >= 0.3 is 6.01 Å². The predicted molar refractivity (Wildman–Crippen MR) is 91.7 cm³/mol. The smallest absolute Gasteiger partial charge is 0.330 e. The number of hydrogen-bond acceptors (Lipinski definition) is 8. The summed E-state index contributed by atoms with van der Waals surface area (Å²) in [5.74, 6) is 1.21. The second-order valence-corrected chi connectivity index (χ2v) is 5.06. The highest BCUT2D eigenvalue weighted by Crippen LogP contribution is 2.18. The third kappa shape index (κ3) is 4.90. The van der Waals surface area contributed by atoms with Crippen LogP contribution >= 0.6 is 0 Å². The van der Waals surface area contributed by atoms with Gasteiger partial charge < -0.3 is 15.0 Å². The highest BCUT2D eigenvalue weighted by molar-refractivity contribution is 5.38. The molecule has 2 heterocycles. The quantitative estimate of drug-likeness (QED) is 0.669. The molecule has 0 unspecified atom stereocenters.